The molecule has 0 spiro atoms. The summed E-state index contributed by atoms with van der Waals surface area (Å²) in [5.41, 5.74) is 4.60. The van der Waals surface area contributed by atoms with Crippen LogP contribution in [0, 0.1) is 13.8 Å². The lowest BCUT2D eigenvalue weighted by atomic mass is 10.1. The first kappa shape index (κ1) is 18.7. The van der Waals surface area contributed by atoms with E-state index in [9.17, 15) is 4.79 Å². The smallest absolute Gasteiger partial charge is 0.197 e. The van der Waals surface area contributed by atoms with Crippen molar-refractivity contribution in [3.05, 3.63) is 40.4 Å². The predicted octanol–water partition coefficient (Wildman–Crippen LogP) is 2.66. The maximum absolute atomic E-state index is 11.8. The van der Waals surface area contributed by atoms with Gasteiger partial charge in [0.2, 0.25) is 0 Å². The molecule has 146 valence electrons. The number of hydrogen-bond donors (Lipinski definition) is 0. The van der Waals surface area contributed by atoms with Crippen LogP contribution in [-0.2, 0) is 11.8 Å². The average Bonchev–Trinajstić information content (AvgIpc) is 3.22. The molecule has 7 nitrogen and oxygen atoms in total. The minimum Gasteiger partial charge on any atom is -0.488 e. The van der Waals surface area contributed by atoms with Crippen LogP contribution in [0.4, 0.5) is 0 Å². The Labute approximate surface area is 168 Å². The number of dihydropyridines is 1. The Bertz CT molecular complexity index is 994. The van der Waals surface area contributed by atoms with Crippen molar-refractivity contribution in [3.63, 3.8) is 0 Å². The highest BCUT2D eigenvalue weighted by molar-refractivity contribution is 6.44. The van der Waals surface area contributed by atoms with Crippen molar-refractivity contribution >= 4 is 23.6 Å². The number of halogens is 1. The minimum absolute atomic E-state index is 0.00809. The molecular weight excluding hydrogens is 378 g/mol. The van der Waals surface area contributed by atoms with E-state index in [1.54, 1.807) is 12.4 Å². The van der Waals surface area contributed by atoms with Gasteiger partial charge in [-0.3, -0.25) is 19.5 Å². The van der Waals surface area contributed by atoms with E-state index in [2.05, 4.69) is 20.0 Å². The first-order valence-corrected chi connectivity index (χ1v) is 9.63. The number of allylic oxidation sites excluding steroid dienone is 1. The molecule has 4 heterocycles. The summed E-state index contributed by atoms with van der Waals surface area (Å²) in [6, 6.07) is 3.82. The molecule has 0 aliphatic carbocycles. The SMILES string of the molecule is Cc1nn(C)c(C)c1-c1cc(O[C@@H]2CCN(C3=C(Cl)C(=O)CN=C3)C2)ccn1. The number of carbonyl (C=O) groups is 1. The number of aromatic nitrogens is 3. The van der Waals surface area contributed by atoms with Crippen LogP contribution in [0.1, 0.15) is 17.8 Å². The summed E-state index contributed by atoms with van der Waals surface area (Å²) in [4.78, 5) is 22.4. The van der Waals surface area contributed by atoms with E-state index in [1.807, 2.05) is 37.7 Å². The molecule has 0 amide bonds. The molecule has 2 aromatic rings. The number of ether oxygens (including phenoxy) is 1. The number of Topliss-reactive ketones (excluding diaryl/α,β-unsaturated/α-hetero) is 1. The number of rotatable bonds is 4. The van der Waals surface area contributed by atoms with Crippen molar-refractivity contribution in [2.45, 2.75) is 26.4 Å². The van der Waals surface area contributed by atoms with E-state index in [4.69, 9.17) is 16.3 Å². The van der Waals surface area contributed by atoms with Crippen LogP contribution in [0.5, 0.6) is 5.75 Å². The fourth-order valence-corrected chi connectivity index (χ4v) is 3.93. The second kappa shape index (κ2) is 7.39. The molecule has 0 saturated carbocycles. The van der Waals surface area contributed by atoms with Crippen LogP contribution in [0.3, 0.4) is 0 Å². The van der Waals surface area contributed by atoms with Crippen molar-refractivity contribution in [1.82, 2.24) is 19.7 Å². The Balaban J connectivity index is 1.50. The normalized spacial score (nSPS) is 19.6. The maximum Gasteiger partial charge on any atom is 0.197 e. The first-order valence-electron chi connectivity index (χ1n) is 9.25. The van der Waals surface area contributed by atoms with Gasteiger partial charge in [-0.2, -0.15) is 5.10 Å². The molecule has 1 fully saturated rings. The third-order valence-corrected chi connectivity index (χ3v) is 5.61. The number of carbonyl (C=O) groups excluding carboxylic acids is 1. The van der Waals surface area contributed by atoms with Crippen molar-refractivity contribution in [3.8, 4) is 17.0 Å². The van der Waals surface area contributed by atoms with Crippen molar-refractivity contribution in [1.29, 1.82) is 0 Å². The molecule has 0 radical (unpaired) electrons. The molecule has 1 saturated heterocycles. The topological polar surface area (TPSA) is 72.6 Å². The number of nitrogens with zero attached hydrogens (tertiary/aromatic N) is 5. The first-order chi connectivity index (χ1) is 13.4. The van der Waals surface area contributed by atoms with Gasteiger partial charge in [0.15, 0.2) is 5.78 Å². The van der Waals surface area contributed by atoms with E-state index >= 15 is 0 Å². The Morgan fingerprint density at radius 3 is 2.89 bits per heavy atom. The van der Waals surface area contributed by atoms with Gasteiger partial charge in [0.25, 0.3) is 0 Å². The quantitative estimate of drug-likeness (QED) is 0.790. The second-order valence-corrected chi connectivity index (χ2v) is 7.49. The van der Waals surface area contributed by atoms with Crippen LogP contribution in [-0.4, -0.2) is 57.4 Å². The zero-order valence-electron chi connectivity index (χ0n) is 16.1. The van der Waals surface area contributed by atoms with Crippen LogP contribution >= 0.6 is 11.6 Å². The zero-order valence-corrected chi connectivity index (χ0v) is 16.9. The van der Waals surface area contributed by atoms with Gasteiger partial charge in [-0.15, -0.1) is 0 Å². The fourth-order valence-electron chi connectivity index (χ4n) is 3.71. The van der Waals surface area contributed by atoms with Crippen molar-refractivity contribution in [2.24, 2.45) is 12.0 Å². The summed E-state index contributed by atoms with van der Waals surface area (Å²) in [5, 5.41) is 4.73. The van der Waals surface area contributed by atoms with Gasteiger partial charge in [0.1, 0.15) is 23.4 Å². The van der Waals surface area contributed by atoms with Crippen LogP contribution in [0.2, 0.25) is 0 Å². The van der Waals surface area contributed by atoms with Gasteiger partial charge in [-0.05, 0) is 19.9 Å². The summed E-state index contributed by atoms with van der Waals surface area (Å²) in [6.45, 7) is 5.57. The molecule has 4 rings (SSSR count). The molecule has 0 bridgehead atoms. The van der Waals surface area contributed by atoms with Gasteiger partial charge in [0.05, 0.1) is 23.6 Å². The third-order valence-electron chi connectivity index (χ3n) is 5.20. The Hall–Kier alpha value is -2.67. The third kappa shape index (κ3) is 3.42. The van der Waals surface area contributed by atoms with Gasteiger partial charge < -0.3 is 9.64 Å². The lowest BCUT2D eigenvalue weighted by molar-refractivity contribution is -0.113. The van der Waals surface area contributed by atoms with E-state index < -0.39 is 0 Å². The largest absolute Gasteiger partial charge is 0.488 e. The van der Waals surface area contributed by atoms with E-state index in [-0.39, 0.29) is 23.5 Å². The zero-order chi connectivity index (χ0) is 19.8. The van der Waals surface area contributed by atoms with Crippen molar-refractivity contribution < 1.29 is 9.53 Å². The van der Waals surface area contributed by atoms with Crippen LogP contribution in [0.15, 0.2) is 34.1 Å². The molecule has 0 aromatic carbocycles. The molecule has 2 aromatic heterocycles. The van der Waals surface area contributed by atoms with Gasteiger partial charge in [0, 0.05) is 49.7 Å². The van der Waals surface area contributed by atoms with Crippen LogP contribution < -0.4 is 4.74 Å². The van der Waals surface area contributed by atoms with E-state index in [0.29, 0.717) is 12.2 Å². The molecule has 1 atom stereocenters. The van der Waals surface area contributed by atoms with E-state index in [1.165, 1.54) is 0 Å². The highest BCUT2D eigenvalue weighted by Crippen LogP contribution is 2.29. The lowest BCUT2D eigenvalue weighted by Crippen LogP contribution is -2.28. The summed E-state index contributed by atoms with van der Waals surface area (Å²) in [6.07, 6.45) is 4.30. The minimum atomic E-state index is -0.135. The summed E-state index contributed by atoms with van der Waals surface area (Å²) in [5.74, 6) is 0.637. The number of ketones is 1. The lowest BCUT2D eigenvalue weighted by Gasteiger charge is -2.22. The van der Waals surface area contributed by atoms with Crippen LogP contribution in [0.25, 0.3) is 11.3 Å². The highest BCUT2D eigenvalue weighted by atomic mass is 35.5. The number of pyridine rings is 1. The molecule has 2 aliphatic heterocycles. The summed E-state index contributed by atoms with van der Waals surface area (Å²) in [7, 11) is 1.93. The predicted molar refractivity (Wildman–Crippen MR) is 108 cm³/mol. The number of likely N-dealkylation sites (tertiary alicyclic amines) is 1. The molecule has 0 N–H and O–H groups in total. The molecule has 2 aliphatic rings. The van der Waals surface area contributed by atoms with Gasteiger partial charge >= 0.3 is 0 Å². The highest BCUT2D eigenvalue weighted by Gasteiger charge is 2.29. The summed E-state index contributed by atoms with van der Waals surface area (Å²) < 4.78 is 8.06. The number of aryl methyl sites for hydroxylation is 2. The molecule has 0 unspecified atom stereocenters. The Kier molecular flexibility index (Phi) is 4.93. The van der Waals surface area contributed by atoms with Gasteiger partial charge in [-0.25, -0.2) is 0 Å². The molecule has 28 heavy (non-hydrogen) atoms. The monoisotopic (exact) mass is 399 g/mol. The fraction of sp³-hybridized carbons (Fsp3) is 0.400. The van der Waals surface area contributed by atoms with E-state index in [0.717, 1.165) is 41.4 Å². The Morgan fingerprint density at radius 2 is 2.14 bits per heavy atom. The van der Waals surface area contributed by atoms with Gasteiger partial charge in [-0.1, -0.05) is 11.6 Å². The molecular formula is C20H22ClN5O2. The second-order valence-electron chi connectivity index (χ2n) is 7.11. The average molecular weight is 400 g/mol. The van der Waals surface area contributed by atoms with Crippen molar-refractivity contribution in [2.75, 3.05) is 19.6 Å². The standard InChI is InChI=1S/C20H22ClN5O2/c1-12-19(13(2)25(3)24-12)16-8-14(4-6-23-16)28-15-5-7-26(11-15)17-9-22-10-18(27)20(17)21/h4,6,8-9,15H,5,7,10-11H2,1-3H3/t15-/m1/s1. The number of aliphatic imine (C=N–C) groups is 1. The maximum atomic E-state index is 11.8. The Morgan fingerprint density at radius 1 is 1.32 bits per heavy atom. The summed E-state index contributed by atoms with van der Waals surface area (Å²) >= 11 is 6.18. The number of hydrogen-bond acceptors (Lipinski definition) is 6. The molecule has 8 heteroatoms.